The number of halogens is 3. The van der Waals surface area contributed by atoms with Crippen molar-refractivity contribution in [3.05, 3.63) is 65.9 Å². The molecule has 3 N–H and O–H groups in total. The number of likely N-dealkylation sites (tertiary alicyclic amines) is 1. The third-order valence-corrected chi connectivity index (χ3v) is 5.66. The maximum atomic E-state index is 12.7. The molecule has 3 aromatic rings. The summed E-state index contributed by atoms with van der Waals surface area (Å²) in [6.07, 6.45) is -3.56. The molecule has 2 amide bonds. The molecular formula is C24H23F3N4O4. The van der Waals surface area contributed by atoms with Gasteiger partial charge >= 0.3 is 6.18 Å². The van der Waals surface area contributed by atoms with Crippen LogP contribution in [0.5, 0.6) is 11.5 Å². The van der Waals surface area contributed by atoms with Gasteiger partial charge in [0.2, 0.25) is 5.91 Å². The highest BCUT2D eigenvalue weighted by Gasteiger charge is 2.30. The van der Waals surface area contributed by atoms with Gasteiger partial charge in [0, 0.05) is 31.5 Å². The van der Waals surface area contributed by atoms with Crippen LogP contribution in [0.4, 0.5) is 13.2 Å². The number of H-pyrrole nitrogens is 1. The molecule has 1 aliphatic heterocycles. The zero-order valence-corrected chi connectivity index (χ0v) is 18.5. The van der Waals surface area contributed by atoms with Gasteiger partial charge in [0.15, 0.2) is 0 Å². The van der Waals surface area contributed by atoms with E-state index in [2.05, 4.69) is 15.5 Å². The number of piperidine rings is 1. The van der Waals surface area contributed by atoms with Gasteiger partial charge in [0.05, 0.1) is 17.8 Å². The maximum Gasteiger partial charge on any atom is 0.416 e. The average molecular weight is 488 g/mol. The fraction of sp³-hybridized carbons (Fsp3) is 0.292. The molecule has 1 saturated heterocycles. The summed E-state index contributed by atoms with van der Waals surface area (Å²) in [5, 5.41) is 18.7. The minimum Gasteiger partial charge on any atom is -0.508 e. The predicted molar refractivity (Wildman–Crippen MR) is 120 cm³/mol. The Labute approximate surface area is 198 Å². The van der Waals surface area contributed by atoms with Gasteiger partial charge in [-0.1, -0.05) is 0 Å². The lowest BCUT2D eigenvalue weighted by Crippen LogP contribution is -2.46. The van der Waals surface area contributed by atoms with Crippen molar-refractivity contribution in [3.8, 4) is 22.8 Å². The number of alkyl halides is 3. The third kappa shape index (κ3) is 6.11. The van der Waals surface area contributed by atoms with E-state index in [4.69, 9.17) is 4.74 Å². The fourth-order valence-electron chi connectivity index (χ4n) is 3.72. The van der Waals surface area contributed by atoms with Crippen LogP contribution in [0.25, 0.3) is 11.3 Å². The van der Waals surface area contributed by atoms with Crippen molar-refractivity contribution in [1.82, 2.24) is 20.4 Å². The van der Waals surface area contributed by atoms with Crippen LogP contribution < -0.4 is 10.1 Å². The molecule has 0 aliphatic carbocycles. The molecule has 2 aromatic carbocycles. The Hall–Kier alpha value is -4.02. The van der Waals surface area contributed by atoms with E-state index in [1.807, 2.05) is 0 Å². The Morgan fingerprint density at radius 3 is 2.37 bits per heavy atom. The van der Waals surface area contributed by atoms with E-state index in [1.165, 1.54) is 24.3 Å². The van der Waals surface area contributed by atoms with Crippen LogP contribution in [0.3, 0.4) is 0 Å². The van der Waals surface area contributed by atoms with Crippen molar-refractivity contribution >= 4 is 11.8 Å². The molecule has 1 aliphatic rings. The first-order valence-electron chi connectivity index (χ1n) is 10.9. The van der Waals surface area contributed by atoms with Gasteiger partial charge < -0.3 is 20.1 Å². The average Bonchev–Trinajstić information content (AvgIpc) is 3.33. The van der Waals surface area contributed by atoms with Crippen molar-refractivity contribution in [2.24, 2.45) is 0 Å². The summed E-state index contributed by atoms with van der Waals surface area (Å²) in [7, 11) is 0. The van der Waals surface area contributed by atoms with Gasteiger partial charge in [0.25, 0.3) is 5.91 Å². The van der Waals surface area contributed by atoms with Crippen molar-refractivity contribution in [3.63, 3.8) is 0 Å². The quantitative estimate of drug-likeness (QED) is 0.492. The van der Waals surface area contributed by atoms with Crippen LogP contribution in [0.15, 0.2) is 54.6 Å². The molecule has 35 heavy (non-hydrogen) atoms. The summed E-state index contributed by atoms with van der Waals surface area (Å²) in [6.45, 7) is 0.640. The Bertz CT molecular complexity index is 1170. The lowest BCUT2D eigenvalue weighted by atomic mass is 10.1. The minimum absolute atomic E-state index is 0.121. The van der Waals surface area contributed by atoms with Crippen molar-refractivity contribution in [1.29, 1.82) is 0 Å². The van der Waals surface area contributed by atoms with Crippen LogP contribution in [-0.2, 0) is 11.0 Å². The first-order valence-corrected chi connectivity index (χ1v) is 10.9. The number of phenols is 1. The Morgan fingerprint density at radius 2 is 1.74 bits per heavy atom. The number of nitrogens with one attached hydrogen (secondary N) is 2. The van der Waals surface area contributed by atoms with Crippen LogP contribution in [0.1, 0.15) is 28.9 Å². The zero-order chi connectivity index (χ0) is 25.0. The normalized spacial score (nSPS) is 14.5. The van der Waals surface area contributed by atoms with E-state index in [1.54, 1.807) is 23.1 Å². The summed E-state index contributed by atoms with van der Waals surface area (Å²) < 4.78 is 43.8. The van der Waals surface area contributed by atoms with Crippen LogP contribution in [-0.4, -0.2) is 57.8 Å². The SMILES string of the molecule is O=C(NCC(=O)N1CCC(Oc2ccc(C(F)(F)F)cc2)CC1)c1cc(-c2ccc(O)cc2)n[nH]1. The largest absolute Gasteiger partial charge is 0.508 e. The number of hydrogen-bond acceptors (Lipinski definition) is 5. The molecule has 0 bridgehead atoms. The number of carbonyl (C=O) groups is 2. The Kier molecular flexibility index (Phi) is 6.94. The second-order valence-electron chi connectivity index (χ2n) is 8.12. The molecular weight excluding hydrogens is 465 g/mol. The molecule has 0 spiro atoms. The van der Waals surface area contributed by atoms with Crippen molar-refractivity contribution in [2.45, 2.75) is 25.1 Å². The maximum absolute atomic E-state index is 12.7. The fourth-order valence-corrected chi connectivity index (χ4v) is 3.72. The van der Waals surface area contributed by atoms with E-state index >= 15 is 0 Å². The van der Waals surface area contributed by atoms with E-state index in [0.717, 1.165) is 17.7 Å². The van der Waals surface area contributed by atoms with Gasteiger partial charge in [0.1, 0.15) is 23.3 Å². The number of phenolic OH excluding ortho intramolecular Hbond substituents is 1. The highest BCUT2D eigenvalue weighted by molar-refractivity contribution is 5.95. The molecule has 0 unspecified atom stereocenters. The minimum atomic E-state index is -4.40. The van der Waals surface area contributed by atoms with Crippen molar-refractivity contribution in [2.75, 3.05) is 19.6 Å². The molecule has 1 aromatic heterocycles. The van der Waals surface area contributed by atoms with E-state index in [0.29, 0.717) is 37.4 Å². The number of rotatable bonds is 6. The Morgan fingerprint density at radius 1 is 1.09 bits per heavy atom. The number of benzene rings is 2. The second kappa shape index (κ2) is 10.1. The van der Waals surface area contributed by atoms with E-state index in [9.17, 15) is 27.9 Å². The Balaban J connectivity index is 1.22. The number of aromatic amines is 1. The molecule has 0 atom stereocenters. The van der Waals surface area contributed by atoms with Crippen LogP contribution >= 0.6 is 0 Å². The summed E-state index contributed by atoms with van der Waals surface area (Å²) in [4.78, 5) is 26.5. The second-order valence-corrected chi connectivity index (χ2v) is 8.12. The van der Waals surface area contributed by atoms with Gasteiger partial charge in [-0.15, -0.1) is 0 Å². The molecule has 2 heterocycles. The third-order valence-electron chi connectivity index (χ3n) is 5.66. The van der Waals surface area contributed by atoms with Gasteiger partial charge in [-0.05, 0) is 54.6 Å². The summed E-state index contributed by atoms with van der Waals surface area (Å²) in [5.41, 5.74) is 0.704. The molecule has 0 radical (unpaired) electrons. The number of ether oxygens (including phenoxy) is 1. The number of carbonyl (C=O) groups excluding carboxylic acids is 2. The summed E-state index contributed by atoms with van der Waals surface area (Å²) >= 11 is 0. The molecule has 4 rings (SSSR count). The first kappa shape index (κ1) is 24.1. The predicted octanol–water partition coefficient (Wildman–Crippen LogP) is 3.60. The van der Waals surface area contributed by atoms with Gasteiger partial charge in [-0.3, -0.25) is 14.7 Å². The topological polar surface area (TPSA) is 108 Å². The number of amides is 2. The monoisotopic (exact) mass is 488 g/mol. The first-order chi connectivity index (χ1) is 16.7. The number of nitrogens with zero attached hydrogens (tertiary/aromatic N) is 2. The van der Waals surface area contributed by atoms with Gasteiger partial charge in [-0.25, -0.2) is 0 Å². The van der Waals surface area contributed by atoms with Crippen LogP contribution in [0.2, 0.25) is 0 Å². The molecule has 1 fully saturated rings. The number of aromatic hydroxyl groups is 1. The van der Waals surface area contributed by atoms with Crippen LogP contribution in [0, 0.1) is 0 Å². The van der Waals surface area contributed by atoms with E-state index in [-0.39, 0.29) is 30.0 Å². The van der Waals surface area contributed by atoms with E-state index < -0.39 is 17.6 Å². The molecule has 184 valence electrons. The summed E-state index contributed by atoms with van der Waals surface area (Å²) in [6, 6.07) is 12.4. The standard InChI is InChI=1S/C24H23F3N4O4/c25-24(26,27)16-3-7-18(8-4-16)35-19-9-11-31(12-10-19)22(33)14-28-23(34)21-13-20(29-30-21)15-1-5-17(32)6-2-15/h1-8,13,19,32H,9-12,14H2,(H,28,34)(H,29,30). The molecule has 0 saturated carbocycles. The lowest BCUT2D eigenvalue weighted by Gasteiger charge is -2.32. The molecule has 11 heteroatoms. The highest BCUT2D eigenvalue weighted by atomic mass is 19.4. The highest BCUT2D eigenvalue weighted by Crippen LogP contribution is 2.31. The van der Waals surface area contributed by atoms with Gasteiger partial charge in [-0.2, -0.15) is 18.3 Å². The summed E-state index contributed by atoms with van der Waals surface area (Å²) in [5.74, 6) is -0.252. The lowest BCUT2D eigenvalue weighted by molar-refractivity contribution is -0.137. The number of aromatic nitrogens is 2. The molecule has 8 nitrogen and oxygen atoms in total. The zero-order valence-electron chi connectivity index (χ0n) is 18.5. The smallest absolute Gasteiger partial charge is 0.416 e. The number of hydrogen-bond donors (Lipinski definition) is 3. The van der Waals surface area contributed by atoms with Crippen molar-refractivity contribution < 1.29 is 32.6 Å².